The normalized spacial score (nSPS) is 9.00. The van der Waals surface area contributed by atoms with Gasteiger partial charge in [0.2, 0.25) is 0 Å². The Bertz CT molecular complexity index is 588. The monoisotopic (exact) mass is 258 g/mol. The Morgan fingerprint density at radius 3 is 2.26 bits per heavy atom. The predicted octanol–water partition coefficient (Wildman–Crippen LogP) is 2.46. The van der Waals surface area contributed by atoms with Crippen LogP contribution in [0.15, 0.2) is 30.4 Å². The highest BCUT2D eigenvalue weighted by Crippen LogP contribution is 2.24. The molecule has 98 valence electrons. The number of carbonyl (C=O) groups excluding carboxylic acids is 2. The SMILES string of the molecule is C=C(C)C#Cc1ccc(OC(C)=O)cc1OC(C)=O. The molecule has 0 spiro atoms. The van der Waals surface area contributed by atoms with Gasteiger partial charge in [-0.1, -0.05) is 18.4 Å². The fourth-order valence-electron chi connectivity index (χ4n) is 1.25. The fourth-order valence-corrected chi connectivity index (χ4v) is 1.25. The lowest BCUT2D eigenvalue weighted by molar-refractivity contribution is -0.132. The summed E-state index contributed by atoms with van der Waals surface area (Å²) in [5.41, 5.74) is 1.21. The van der Waals surface area contributed by atoms with Crippen molar-refractivity contribution in [3.63, 3.8) is 0 Å². The second-order valence-electron chi connectivity index (χ2n) is 3.88. The standard InChI is InChI=1S/C15H14O4/c1-10(2)5-6-13-7-8-14(18-11(3)16)9-15(13)19-12(4)17/h7-9H,1H2,2-4H3. The molecule has 0 N–H and O–H groups in total. The number of hydrogen-bond acceptors (Lipinski definition) is 4. The van der Waals surface area contributed by atoms with E-state index >= 15 is 0 Å². The second kappa shape index (κ2) is 6.41. The molecule has 0 radical (unpaired) electrons. The molecule has 0 saturated heterocycles. The molecule has 0 heterocycles. The molecule has 0 atom stereocenters. The molecule has 0 amide bonds. The van der Waals surface area contributed by atoms with Crippen LogP contribution < -0.4 is 9.47 Å². The van der Waals surface area contributed by atoms with Crippen LogP contribution in [0.1, 0.15) is 26.3 Å². The molecule has 0 aliphatic heterocycles. The molecule has 1 rings (SSSR count). The largest absolute Gasteiger partial charge is 0.427 e. The first-order valence-corrected chi connectivity index (χ1v) is 5.57. The Balaban J connectivity index is 3.17. The molecule has 0 bridgehead atoms. The zero-order valence-electron chi connectivity index (χ0n) is 11.1. The quantitative estimate of drug-likeness (QED) is 0.464. The molecule has 0 saturated carbocycles. The number of allylic oxidation sites excluding steroid dienone is 1. The molecule has 0 aromatic heterocycles. The summed E-state index contributed by atoms with van der Waals surface area (Å²) >= 11 is 0. The number of ether oxygens (including phenoxy) is 2. The van der Waals surface area contributed by atoms with E-state index in [-0.39, 0.29) is 5.75 Å². The Hall–Kier alpha value is -2.54. The first-order chi connectivity index (χ1) is 8.88. The highest BCUT2D eigenvalue weighted by Gasteiger charge is 2.08. The molecule has 0 aliphatic carbocycles. The molecule has 0 fully saturated rings. The molecule has 19 heavy (non-hydrogen) atoms. The van der Waals surface area contributed by atoms with Gasteiger partial charge in [0.05, 0.1) is 5.56 Å². The summed E-state index contributed by atoms with van der Waals surface area (Å²) in [6, 6.07) is 4.65. The molecule has 4 nitrogen and oxygen atoms in total. The van der Waals surface area contributed by atoms with Gasteiger partial charge in [0.1, 0.15) is 11.5 Å². The lowest BCUT2D eigenvalue weighted by Gasteiger charge is -2.07. The minimum Gasteiger partial charge on any atom is -0.427 e. The summed E-state index contributed by atoms with van der Waals surface area (Å²) in [5.74, 6) is 5.25. The van der Waals surface area contributed by atoms with E-state index in [9.17, 15) is 9.59 Å². The van der Waals surface area contributed by atoms with E-state index in [1.165, 1.54) is 19.9 Å². The van der Waals surface area contributed by atoms with Gasteiger partial charge in [0, 0.05) is 19.9 Å². The van der Waals surface area contributed by atoms with E-state index < -0.39 is 11.9 Å². The summed E-state index contributed by atoms with van der Waals surface area (Å²) in [6.07, 6.45) is 0. The second-order valence-corrected chi connectivity index (χ2v) is 3.88. The molecule has 4 heteroatoms. The fraction of sp³-hybridized carbons (Fsp3) is 0.200. The van der Waals surface area contributed by atoms with Crippen molar-refractivity contribution in [2.45, 2.75) is 20.8 Å². The van der Waals surface area contributed by atoms with E-state index in [0.29, 0.717) is 16.9 Å². The average molecular weight is 258 g/mol. The Labute approximate surface area is 112 Å². The van der Waals surface area contributed by atoms with Gasteiger partial charge in [0.25, 0.3) is 0 Å². The van der Waals surface area contributed by atoms with Crippen LogP contribution in [0.2, 0.25) is 0 Å². The number of esters is 2. The van der Waals surface area contributed by atoms with Crippen LogP contribution in [-0.2, 0) is 9.59 Å². The van der Waals surface area contributed by atoms with Gasteiger partial charge < -0.3 is 9.47 Å². The number of rotatable bonds is 2. The van der Waals surface area contributed by atoms with Gasteiger partial charge in [-0.2, -0.15) is 0 Å². The summed E-state index contributed by atoms with van der Waals surface area (Å²) in [6.45, 7) is 8.01. The average Bonchev–Trinajstić information content (AvgIpc) is 2.26. The smallest absolute Gasteiger partial charge is 0.308 e. The van der Waals surface area contributed by atoms with E-state index in [4.69, 9.17) is 9.47 Å². The van der Waals surface area contributed by atoms with Crippen LogP contribution >= 0.6 is 0 Å². The van der Waals surface area contributed by atoms with Crippen LogP contribution in [0.4, 0.5) is 0 Å². The number of hydrogen-bond donors (Lipinski definition) is 0. The van der Waals surface area contributed by atoms with Crippen molar-refractivity contribution in [3.05, 3.63) is 35.9 Å². The number of benzene rings is 1. The van der Waals surface area contributed by atoms with Gasteiger partial charge in [-0.3, -0.25) is 9.59 Å². The van der Waals surface area contributed by atoms with Crippen molar-refractivity contribution in [1.82, 2.24) is 0 Å². The van der Waals surface area contributed by atoms with Crippen LogP contribution in [-0.4, -0.2) is 11.9 Å². The van der Waals surface area contributed by atoms with Crippen molar-refractivity contribution in [3.8, 4) is 23.3 Å². The van der Waals surface area contributed by atoms with Gasteiger partial charge in [-0.05, 0) is 24.6 Å². The molecule has 0 aliphatic rings. The topological polar surface area (TPSA) is 52.6 Å². The molecule has 0 unspecified atom stereocenters. The first kappa shape index (κ1) is 14.5. The van der Waals surface area contributed by atoms with Gasteiger partial charge in [-0.15, -0.1) is 0 Å². The van der Waals surface area contributed by atoms with Crippen LogP contribution in [0.25, 0.3) is 0 Å². The summed E-state index contributed by atoms with van der Waals surface area (Å²) < 4.78 is 9.96. The van der Waals surface area contributed by atoms with E-state index in [2.05, 4.69) is 18.4 Å². The van der Waals surface area contributed by atoms with Crippen molar-refractivity contribution in [1.29, 1.82) is 0 Å². The van der Waals surface area contributed by atoms with Crippen molar-refractivity contribution >= 4 is 11.9 Å². The third-order valence-corrected chi connectivity index (χ3v) is 1.88. The Kier molecular flexibility index (Phi) is 4.90. The Morgan fingerprint density at radius 1 is 1.11 bits per heavy atom. The third-order valence-electron chi connectivity index (χ3n) is 1.88. The van der Waals surface area contributed by atoms with Crippen LogP contribution in [0.5, 0.6) is 11.5 Å². The molecule has 1 aromatic rings. The maximum Gasteiger partial charge on any atom is 0.308 e. The molecule has 1 aromatic carbocycles. The zero-order chi connectivity index (χ0) is 14.4. The molecular formula is C15H14O4. The highest BCUT2D eigenvalue weighted by atomic mass is 16.5. The van der Waals surface area contributed by atoms with Gasteiger partial charge >= 0.3 is 11.9 Å². The Morgan fingerprint density at radius 2 is 1.74 bits per heavy atom. The first-order valence-electron chi connectivity index (χ1n) is 5.57. The van der Waals surface area contributed by atoms with Crippen molar-refractivity contribution in [2.75, 3.05) is 0 Å². The zero-order valence-corrected chi connectivity index (χ0v) is 11.1. The van der Waals surface area contributed by atoms with Crippen LogP contribution in [0, 0.1) is 11.8 Å². The minimum absolute atomic E-state index is 0.250. The number of carbonyl (C=O) groups is 2. The maximum atomic E-state index is 11.0. The van der Waals surface area contributed by atoms with Gasteiger partial charge in [0.15, 0.2) is 0 Å². The van der Waals surface area contributed by atoms with Crippen molar-refractivity contribution in [2.24, 2.45) is 0 Å². The lowest BCUT2D eigenvalue weighted by atomic mass is 10.2. The summed E-state index contributed by atoms with van der Waals surface area (Å²) in [4.78, 5) is 21.9. The highest BCUT2D eigenvalue weighted by molar-refractivity contribution is 5.72. The third kappa shape index (κ3) is 5.09. The minimum atomic E-state index is -0.474. The van der Waals surface area contributed by atoms with E-state index in [1.807, 2.05) is 0 Å². The van der Waals surface area contributed by atoms with Crippen molar-refractivity contribution < 1.29 is 19.1 Å². The lowest BCUT2D eigenvalue weighted by Crippen LogP contribution is -2.05. The van der Waals surface area contributed by atoms with E-state index in [1.54, 1.807) is 19.1 Å². The summed E-state index contributed by atoms with van der Waals surface area (Å²) in [7, 11) is 0. The van der Waals surface area contributed by atoms with Gasteiger partial charge in [-0.25, -0.2) is 0 Å². The van der Waals surface area contributed by atoms with E-state index in [0.717, 1.165) is 0 Å². The predicted molar refractivity (Wildman–Crippen MR) is 70.8 cm³/mol. The molecular weight excluding hydrogens is 244 g/mol. The van der Waals surface area contributed by atoms with Crippen LogP contribution in [0.3, 0.4) is 0 Å². The maximum absolute atomic E-state index is 11.0. The summed E-state index contributed by atoms with van der Waals surface area (Å²) in [5, 5.41) is 0.